The molecule has 192 valence electrons. The van der Waals surface area contributed by atoms with Gasteiger partial charge in [0, 0.05) is 23.5 Å². The third kappa shape index (κ3) is 5.10. The summed E-state index contributed by atoms with van der Waals surface area (Å²) in [5.74, 6) is -0.505. The van der Waals surface area contributed by atoms with Gasteiger partial charge < -0.3 is 10.2 Å². The van der Waals surface area contributed by atoms with Gasteiger partial charge in [-0.3, -0.25) is 19.3 Å². The average molecular weight is 498 g/mol. The highest BCUT2D eigenvalue weighted by Crippen LogP contribution is 2.37. The largest absolute Gasteiger partial charge is 0.352 e. The topological polar surface area (TPSA) is 69.7 Å². The molecule has 1 aliphatic carbocycles. The van der Waals surface area contributed by atoms with Crippen molar-refractivity contribution in [2.45, 2.75) is 71.0 Å². The fraction of sp³-hybridized carbons (Fsp3) is 0.387. The van der Waals surface area contributed by atoms with Crippen molar-refractivity contribution in [3.8, 4) is 0 Å². The van der Waals surface area contributed by atoms with Crippen molar-refractivity contribution in [3.05, 3.63) is 77.4 Å². The van der Waals surface area contributed by atoms with Crippen LogP contribution in [0.3, 0.4) is 0 Å². The zero-order valence-corrected chi connectivity index (χ0v) is 21.7. The molecule has 1 atom stereocenters. The standard InChI is InChI=1S/C31H35N3O3/c1-3-26(30(36)32-24-14-5-4-6-15-24)33(19-22-11-7-10-21(2)18-22)28(35)20-34-27-17-9-13-23-12-8-16-25(29(23)27)31(34)37/h7-13,16-18,24,26H,3-6,14-15,19-20H2,1-2H3,(H,32,36). The fourth-order valence-electron chi connectivity index (χ4n) is 5.83. The number of aryl methyl sites for hydroxylation is 1. The highest BCUT2D eigenvalue weighted by atomic mass is 16.2. The second kappa shape index (κ2) is 10.8. The Morgan fingerprint density at radius 2 is 1.76 bits per heavy atom. The van der Waals surface area contributed by atoms with Gasteiger partial charge in [-0.2, -0.15) is 0 Å². The number of rotatable bonds is 8. The molecule has 6 nitrogen and oxygen atoms in total. The predicted octanol–water partition coefficient (Wildman–Crippen LogP) is 5.36. The van der Waals surface area contributed by atoms with Crippen LogP contribution in [0.25, 0.3) is 10.8 Å². The minimum atomic E-state index is -0.606. The third-order valence-electron chi connectivity index (χ3n) is 7.72. The summed E-state index contributed by atoms with van der Waals surface area (Å²) >= 11 is 0. The summed E-state index contributed by atoms with van der Waals surface area (Å²) < 4.78 is 0. The molecular weight excluding hydrogens is 462 g/mol. The maximum absolute atomic E-state index is 14.0. The van der Waals surface area contributed by atoms with Gasteiger partial charge in [-0.25, -0.2) is 0 Å². The molecule has 0 radical (unpaired) electrons. The molecule has 0 aromatic heterocycles. The van der Waals surface area contributed by atoms with E-state index in [1.54, 1.807) is 9.80 Å². The lowest BCUT2D eigenvalue weighted by molar-refractivity contribution is -0.140. The average Bonchev–Trinajstić information content (AvgIpc) is 3.17. The number of carbonyl (C=O) groups excluding carboxylic acids is 3. The van der Waals surface area contributed by atoms with Crippen molar-refractivity contribution in [2.24, 2.45) is 0 Å². The summed E-state index contributed by atoms with van der Waals surface area (Å²) in [7, 11) is 0. The van der Waals surface area contributed by atoms with E-state index in [0.29, 0.717) is 18.5 Å². The Balaban J connectivity index is 1.42. The van der Waals surface area contributed by atoms with Crippen molar-refractivity contribution >= 4 is 34.2 Å². The quantitative estimate of drug-likeness (QED) is 0.455. The van der Waals surface area contributed by atoms with E-state index in [2.05, 4.69) is 5.32 Å². The van der Waals surface area contributed by atoms with Crippen molar-refractivity contribution in [3.63, 3.8) is 0 Å². The Labute approximate surface area is 218 Å². The lowest BCUT2D eigenvalue weighted by Crippen LogP contribution is -2.53. The molecule has 0 saturated heterocycles. The molecular formula is C31H35N3O3. The SMILES string of the molecule is CCC(C(=O)NC1CCCCC1)N(Cc1cccc(C)c1)C(=O)CN1C(=O)c2cccc3cccc1c23. The number of amides is 3. The fourth-order valence-corrected chi connectivity index (χ4v) is 5.83. The van der Waals surface area contributed by atoms with E-state index in [0.717, 1.165) is 53.3 Å². The molecule has 3 aromatic rings. The Bertz CT molecular complexity index is 1320. The zero-order valence-electron chi connectivity index (χ0n) is 21.7. The Morgan fingerprint density at radius 1 is 1.03 bits per heavy atom. The summed E-state index contributed by atoms with van der Waals surface area (Å²) in [5, 5.41) is 5.09. The van der Waals surface area contributed by atoms with E-state index in [1.165, 1.54) is 6.42 Å². The Hall–Kier alpha value is -3.67. The Morgan fingerprint density at radius 3 is 2.49 bits per heavy atom. The van der Waals surface area contributed by atoms with Crippen LogP contribution in [-0.4, -0.2) is 41.2 Å². The zero-order chi connectivity index (χ0) is 25.9. The van der Waals surface area contributed by atoms with Crippen LogP contribution in [0.1, 0.15) is 66.9 Å². The smallest absolute Gasteiger partial charge is 0.259 e. The van der Waals surface area contributed by atoms with Gasteiger partial charge in [0.15, 0.2) is 0 Å². The number of nitrogens with one attached hydrogen (secondary N) is 1. The van der Waals surface area contributed by atoms with Crippen LogP contribution in [0.4, 0.5) is 5.69 Å². The lowest BCUT2D eigenvalue weighted by atomic mass is 9.95. The molecule has 0 spiro atoms. The summed E-state index contributed by atoms with van der Waals surface area (Å²) in [5.41, 5.74) is 3.44. The highest BCUT2D eigenvalue weighted by molar-refractivity contribution is 6.26. The maximum atomic E-state index is 14.0. The first kappa shape index (κ1) is 25.0. The maximum Gasteiger partial charge on any atom is 0.259 e. The minimum absolute atomic E-state index is 0.103. The van der Waals surface area contributed by atoms with Crippen LogP contribution in [0.2, 0.25) is 0 Å². The number of carbonyl (C=O) groups is 3. The van der Waals surface area contributed by atoms with Crippen LogP contribution in [0.5, 0.6) is 0 Å². The van der Waals surface area contributed by atoms with E-state index in [1.807, 2.05) is 74.5 Å². The number of anilines is 1. The van der Waals surface area contributed by atoms with Gasteiger partial charge in [0.05, 0.1) is 5.69 Å². The molecule has 1 N–H and O–H groups in total. The molecule has 1 aliphatic heterocycles. The van der Waals surface area contributed by atoms with E-state index in [9.17, 15) is 14.4 Å². The van der Waals surface area contributed by atoms with Gasteiger partial charge in [-0.15, -0.1) is 0 Å². The predicted molar refractivity (Wildman–Crippen MR) is 146 cm³/mol. The van der Waals surface area contributed by atoms with Gasteiger partial charge in [0.25, 0.3) is 5.91 Å². The number of hydrogen-bond acceptors (Lipinski definition) is 3. The van der Waals surface area contributed by atoms with Crippen LogP contribution >= 0.6 is 0 Å². The summed E-state index contributed by atoms with van der Waals surface area (Å²) in [6.07, 6.45) is 5.92. The molecule has 1 fully saturated rings. The molecule has 3 amide bonds. The second-order valence-electron chi connectivity index (χ2n) is 10.4. The normalized spacial score (nSPS) is 16.2. The van der Waals surface area contributed by atoms with Gasteiger partial charge in [-0.1, -0.05) is 80.3 Å². The minimum Gasteiger partial charge on any atom is -0.352 e. The first-order valence-corrected chi connectivity index (χ1v) is 13.4. The summed E-state index contributed by atoms with van der Waals surface area (Å²) in [6.45, 7) is 4.17. The monoisotopic (exact) mass is 497 g/mol. The molecule has 6 heteroatoms. The van der Waals surface area contributed by atoms with Crippen molar-refractivity contribution in [2.75, 3.05) is 11.4 Å². The van der Waals surface area contributed by atoms with E-state index in [4.69, 9.17) is 0 Å². The van der Waals surface area contributed by atoms with E-state index < -0.39 is 6.04 Å². The summed E-state index contributed by atoms with van der Waals surface area (Å²) in [6, 6.07) is 19.0. The van der Waals surface area contributed by atoms with Gasteiger partial charge in [0.2, 0.25) is 11.8 Å². The van der Waals surface area contributed by atoms with E-state index >= 15 is 0 Å². The van der Waals surface area contributed by atoms with Crippen LogP contribution < -0.4 is 10.2 Å². The van der Waals surface area contributed by atoms with E-state index in [-0.39, 0.29) is 30.3 Å². The third-order valence-corrected chi connectivity index (χ3v) is 7.72. The molecule has 2 aliphatic rings. The first-order chi connectivity index (χ1) is 18.0. The lowest BCUT2D eigenvalue weighted by Gasteiger charge is -2.34. The first-order valence-electron chi connectivity index (χ1n) is 13.4. The molecule has 1 unspecified atom stereocenters. The molecule has 37 heavy (non-hydrogen) atoms. The highest BCUT2D eigenvalue weighted by Gasteiger charge is 2.35. The summed E-state index contributed by atoms with van der Waals surface area (Å²) in [4.78, 5) is 44.0. The molecule has 1 heterocycles. The number of nitrogens with zero attached hydrogens (tertiary/aromatic N) is 2. The van der Waals surface area contributed by atoms with Crippen LogP contribution in [0, 0.1) is 6.92 Å². The molecule has 5 rings (SSSR count). The van der Waals surface area contributed by atoms with Crippen molar-refractivity contribution in [1.29, 1.82) is 0 Å². The van der Waals surface area contributed by atoms with Gasteiger partial charge in [0.1, 0.15) is 12.6 Å². The molecule has 1 saturated carbocycles. The van der Waals surface area contributed by atoms with Crippen molar-refractivity contribution < 1.29 is 14.4 Å². The number of benzene rings is 3. The van der Waals surface area contributed by atoms with Crippen LogP contribution in [-0.2, 0) is 16.1 Å². The van der Waals surface area contributed by atoms with Crippen LogP contribution in [0.15, 0.2) is 60.7 Å². The molecule has 0 bridgehead atoms. The second-order valence-corrected chi connectivity index (χ2v) is 10.4. The van der Waals surface area contributed by atoms with Gasteiger partial charge >= 0.3 is 0 Å². The Kier molecular flexibility index (Phi) is 7.26. The number of hydrogen-bond donors (Lipinski definition) is 1. The van der Waals surface area contributed by atoms with Crippen molar-refractivity contribution in [1.82, 2.24) is 10.2 Å². The molecule has 3 aromatic carbocycles. The van der Waals surface area contributed by atoms with Gasteiger partial charge in [-0.05, 0) is 49.3 Å².